The molecule has 2 aromatic carbocycles. The Labute approximate surface area is 177 Å². The molecule has 0 saturated heterocycles. The monoisotopic (exact) mass is 454 g/mol. The molecule has 0 fully saturated rings. The van der Waals surface area contributed by atoms with Gasteiger partial charge in [-0.25, -0.2) is 13.4 Å². The Balaban J connectivity index is 2.01. The predicted molar refractivity (Wildman–Crippen MR) is 112 cm³/mol. The number of nitrogens with zero attached hydrogens (tertiary/aromatic N) is 2. The van der Waals surface area contributed by atoms with Gasteiger partial charge in [-0.3, -0.25) is 0 Å². The van der Waals surface area contributed by atoms with Crippen molar-refractivity contribution in [2.45, 2.75) is 30.8 Å². The van der Waals surface area contributed by atoms with E-state index < -0.39 is 20.2 Å². The SMILES string of the molecule is CCOc1ccc(/C=C/c2nc3cc(S(=O)(=O)C(F)(F)F)ccc3n2CC)cc1OC. The Morgan fingerprint density at radius 3 is 2.42 bits per heavy atom. The number of ether oxygens (including phenoxy) is 2. The second-order valence-electron chi connectivity index (χ2n) is 6.49. The third-order valence-corrected chi connectivity index (χ3v) is 6.08. The number of hydrogen-bond acceptors (Lipinski definition) is 5. The van der Waals surface area contributed by atoms with Crippen molar-refractivity contribution in [3.8, 4) is 11.5 Å². The van der Waals surface area contributed by atoms with E-state index in [-0.39, 0.29) is 5.52 Å². The second-order valence-corrected chi connectivity index (χ2v) is 8.43. The van der Waals surface area contributed by atoms with E-state index in [4.69, 9.17) is 9.47 Å². The minimum Gasteiger partial charge on any atom is -0.493 e. The summed E-state index contributed by atoms with van der Waals surface area (Å²) in [4.78, 5) is 3.50. The van der Waals surface area contributed by atoms with E-state index in [1.165, 1.54) is 13.2 Å². The molecular formula is C21H21F3N2O4S. The quantitative estimate of drug-likeness (QED) is 0.506. The lowest BCUT2D eigenvalue weighted by Gasteiger charge is -2.09. The summed E-state index contributed by atoms with van der Waals surface area (Å²) >= 11 is 0. The topological polar surface area (TPSA) is 70.4 Å². The van der Waals surface area contributed by atoms with Crippen molar-refractivity contribution in [2.75, 3.05) is 13.7 Å². The lowest BCUT2D eigenvalue weighted by Crippen LogP contribution is -2.23. The van der Waals surface area contributed by atoms with E-state index in [0.717, 1.165) is 17.7 Å². The van der Waals surface area contributed by atoms with Gasteiger partial charge in [-0.2, -0.15) is 13.2 Å². The van der Waals surface area contributed by atoms with Crippen LogP contribution in [0.15, 0.2) is 41.3 Å². The summed E-state index contributed by atoms with van der Waals surface area (Å²) in [6, 6.07) is 8.62. The van der Waals surface area contributed by atoms with Gasteiger partial charge in [0, 0.05) is 6.54 Å². The van der Waals surface area contributed by atoms with Crippen molar-refractivity contribution in [3.05, 3.63) is 47.8 Å². The summed E-state index contributed by atoms with van der Waals surface area (Å²) in [5.41, 5.74) is -3.87. The van der Waals surface area contributed by atoms with Crippen molar-refractivity contribution in [3.63, 3.8) is 0 Å². The van der Waals surface area contributed by atoms with Gasteiger partial charge in [-0.1, -0.05) is 12.1 Å². The third-order valence-electron chi connectivity index (χ3n) is 4.59. The number of sulfone groups is 1. The second kappa shape index (κ2) is 8.62. The molecule has 0 radical (unpaired) electrons. The fourth-order valence-electron chi connectivity index (χ4n) is 3.12. The first-order chi connectivity index (χ1) is 14.6. The van der Waals surface area contributed by atoms with Crippen LogP contribution in [-0.4, -0.2) is 37.2 Å². The van der Waals surface area contributed by atoms with Crippen LogP contribution in [0.3, 0.4) is 0 Å². The highest BCUT2D eigenvalue weighted by Crippen LogP contribution is 2.32. The summed E-state index contributed by atoms with van der Waals surface area (Å²) < 4.78 is 74.6. The fourth-order valence-corrected chi connectivity index (χ4v) is 3.90. The Kier molecular flexibility index (Phi) is 6.30. The molecular weight excluding hydrogens is 433 g/mol. The number of fused-ring (bicyclic) bond motifs is 1. The van der Waals surface area contributed by atoms with Crippen molar-refractivity contribution in [2.24, 2.45) is 0 Å². The van der Waals surface area contributed by atoms with Crippen LogP contribution < -0.4 is 9.47 Å². The number of methoxy groups -OCH3 is 1. The smallest absolute Gasteiger partial charge is 0.493 e. The molecule has 31 heavy (non-hydrogen) atoms. The molecule has 0 aliphatic rings. The van der Waals surface area contributed by atoms with Crippen LogP contribution >= 0.6 is 0 Å². The number of hydrogen-bond donors (Lipinski definition) is 0. The molecule has 0 saturated carbocycles. The predicted octanol–water partition coefficient (Wildman–Crippen LogP) is 4.93. The molecule has 0 aliphatic heterocycles. The zero-order chi connectivity index (χ0) is 22.8. The van der Waals surface area contributed by atoms with E-state index in [9.17, 15) is 21.6 Å². The Morgan fingerprint density at radius 1 is 1.06 bits per heavy atom. The van der Waals surface area contributed by atoms with Gasteiger partial charge in [-0.15, -0.1) is 0 Å². The van der Waals surface area contributed by atoms with Crippen LogP contribution in [-0.2, 0) is 16.4 Å². The standard InChI is InChI=1S/C21H21F3N2O4S/c1-4-26-17-9-8-15(31(27,28)21(22,23)24)13-16(17)25-20(26)11-7-14-6-10-18(30-5-2)19(12-14)29-3/h6-13H,4-5H2,1-3H3/b11-7+. The number of aromatic nitrogens is 2. The summed E-state index contributed by atoms with van der Waals surface area (Å²) in [5, 5.41) is 0. The van der Waals surface area contributed by atoms with Crippen LogP contribution in [0.4, 0.5) is 13.2 Å². The number of halogens is 3. The molecule has 0 bridgehead atoms. The minimum absolute atomic E-state index is 0.163. The highest BCUT2D eigenvalue weighted by Gasteiger charge is 2.47. The first-order valence-electron chi connectivity index (χ1n) is 9.43. The van der Waals surface area contributed by atoms with Gasteiger partial charge in [0.2, 0.25) is 0 Å². The number of benzene rings is 2. The van der Waals surface area contributed by atoms with Crippen LogP contribution in [0, 0.1) is 0 Å². The number of aryl methyl sites for hydroxylation is 1. The van der Waals surface area contributed by atoms with Gasteiger partial charge < -0.3 is 14.0 Å². The van der Waals surface area contributed by atoms with E-state index in [1.807, 2.05) is 19.9 Å². The van der Waals surface area contributed by atoms with Crippen LogP contribution in [0.5, 0.6) is 11.5 Å². The minimum atomic E-state index is -5.44. The van der Waals surface area contributed by atoms with Crippen LogP contribution in [0.2, 0.25) is 0 Å². The lowest BCUT2D eigenvalue weighted by molar-refractivity contribution is -0.0435. The normalized spacial score (nSPS) is 12.6. The number of alkyl halides is 3. The van der Waals surface area contributed by atoms with E-state index in [1.54, 1.807) is 28.9 Å². The van der Waals surface area contributed by atoms with Crippen molar-refractivity contribution in [1.29, 1.82) is 0 Å². The molecule has 6 nitrogen and oxygen atoms in total. The summed E-state index contributed by atoms with van der Waals surface area (Å²) in [6.07, 6.45) is 3.48. The first-order valence-corrected chi connectivity index (χ1v) is 10.9. The third kappa shape index (κ3) is 4.39. The van der Waals surface area contributed by atoms with Crippen molar-refractivity contribution < 1.29 is 31.1 Å². The molecule has 3 rings (SSSR count). The zero-order valence-electron chi connectivity index (χ0n) is 17.1. The van der Waals surface area contributed by atoms with Crippen LogP contribution in [0.25, 0.3) is 23.2 Å². The van der Waals surface area contributed by atoms with Gasteiger partial charge in [-0.05, 0) is 55.8 Å². The summed E-state index contributed by atoms with van der Waals surface area (Å²) in [6.45, 7) is 4.72. The molecule has 0 unspecified atom stereocenters. The Hall–Kier alpha value is -3.01. The lowest BCUT2D eigenvalue weighted by atomic mass is 10.2. The van der Waals surface area contributed by atoms with E-state index in [0.29, 0.717) is 36.0 Å². The van der Waals surface area contributed by atoms with Gasteiger partial charge in [0.1, 0.15) is 5.82 Å². The summed E-state index contributed by atoms with van der Waals surface area (Å²) in [7, 11) is -3.91. The average Bonchev–Trinajstić information content (AvgIpc) is 3.08. The van der Waals surface area contributed by atoms with E-state index in [2.05, 4.69) is 4.98 Å². The van der Waals surface area contributed by atoms with Gasteiger partial charge in [0.25, 0.3) is 9.84 Å². The highest BCUT2D eigenvalue weighted by atomic mass is 32.2. The average molecular weight is 454 g/mol. The van der Waals surface area contributed by atoms with Crippen molar-refractivity contribution >= 4 is 33.0 Å². The maximum absolute atomic E-state index is 12.9. The highest BCUT2D eigenvalue weighted by molar-refractivity contribution is 7.92. The molecule has 0 amide bonds. The molecule has 0 N–H and O–H groups in total. The van der Waals surface area contributed by atoms with Crippen LogP contribution in [0.1, 0.15) is 25.2 Å². The molecule has 1 aromatic heterocycles. The Morgan fingerprint density at radius 2 is 1.81 bits per heavy atom. The summed E-state index contributed by atoms with van der Waals surface area (Å²) in [5.74, 6) is 1.66. The molecule has 10 heteroatoms. The van der Waals surface area contributed by atoms with Gasteiger partial charge >= 0.3 is 5.51 Å². The molecule has 0 atom stereocenters. The van der Waals surface area contributed by atoms with Crippen molar-refractivity contribution in [1.82, 2.24) is 9.55 Å². The maximum atomic E-state index is 12.9. The Bertz CT molecular complexity index is 1230. The van der Waals surface area contributed by atoms with Gasteiger partial charge in [0.15, 0.2) is 11.5 Å². The molecule has 1 heterocycles. The fraction of sp³-hybridized carbons (Fsp3) is 0.286. The molecule has 166 valence electrons. The van der Waals surface area contributed by atoms with Gasteiger partial charge in [0.05, 0.1) is 29.6 Å². The number of imidazole rings is 1. The zero-order valence-corrected chi connectivity index (χ0v) is 17.9. The number of rotatable bonds is 7. The largest absolute Gasteiger partial charge is 0.501 e. The first kappa shape index (κ1) is 22.7. The molecule has 0 aliphatic carbocycles. The molecule has 3 aromatic rings. The maximum Gasteiger partial charge on any atom is 0.501 e. The molecule has 0 spiro atoms. The van der Waals surface area contributed by atoms with E-state index >= 15 is 0 Å².